The van der Waals surface area contributed by atoms with Crippen molar-refractivity contribution in [3.63, 3.8) is 0 Å². The summed E-state index contributed by atoms with van der Waals surface area (Å²) in [6.07, 6.45) is 4.45. The Morgan fingerprint density at radius 2 is 2.10 bits per heavy atom. The molecule has 0 unspecified atom stereocenters. The van der Waals surface area contributed by atoms with Crippen LogP contribution < -0.4 is 5.32 Å². The number of nitrogens with zero attached hydrogens (tertiary/aromatic N) is 2. The normalized spacial score (nSPS) is 10.6. The molecule has 0 aromatic carbocycles. The molecule has 5 nitrogen and oxygen atoms in total. The fourth-order valence-corrected chi connectivity index (χ4v) is 2.12. The second-order valence-corrected chi connectivity index (χ2v) is 5.35. The van der Waals surface area contributed by atoms with E-state index in [0.29, 0.717) is 29.7 Å². The fraction of sp³-hybridized carbons (Fsp3) is 0.375. The van der Waals surface area contributed by atoms with Crippen molar-refractivity contribution in [1.82, 2.24) is 9.88 Å². The quantitative estimate of drug-likeness (QED) is 0.917. The maximum atomic E-state index is 12.3. The fourth-order valence-electron chi connectivity index (χ4n) is 2.12. The summed E-state index contributed by atoms with van der Waals surface area (Å²) in [4.78, 5) is 12.3. The number of aromatic nitrogens is 1. The molecule has 2 aromatic rings. The molecule has 2 rings (SSSR count). The maximum absolute atomic E-state index is 12.3. The summed E-state index contributed by atoms with van der Waals surface area (Å²) in [7, 11) is 0. The molecule has 5 heteroatoms. The summed E-state index contributed by atoms with van der Waals surface area (Å²) in [6, 6.07) is 5.75. The molecular formula is C16H19N3O2. The third-order valence-electron chi connectivity index (χ3n) is 3.25. The van der Waals surface area contributed by atoms with Crippen molar-refractivity contribution in [2.24, 2.45) is 5.92 Å². The number of furan rings is 1. The Kier molecular flexibility index (Phi) is 4.49. The number of carbonyl (C=O) groups is 1. The van der Waals surface area contributed by atoms with Crippen molar-refractivity contribution in [2.45, 2.75) is 27.2 Å². The van der Waals surface area contributed by atoms with Crippen LogP contribution >= 0.6 is 0 Å². The third kappa shape index (κ3) is 3.16. The van der Waals surface area contributed by atoms with Gasteiger partial charge in [-0.3, -0.25) is 9.36 Å². The minimum Gasteiger partial charge on any atom is -0.443 e. The predicted octanol–water partition coefficient (Wildman–Crippen LogP) is 3.03. The molecule has 0 spiro atoms. The van der Waals surface area contributed by atoms with Gasteiger partial charge in [-0.2, -0.15) is 5.26 Å². The van der Waals surface area contributed by atoms with Gasteiger partial charge in [0.05, 0.1) is 0 Å². The number of hydrogen-bond acceptors (Lipinski definition) is 3. The van der Waals surface area contributed by atoms with Crippen LogP contribution in [0.5, 0.6) is 0 Å². The van der Waals surface area contributed by atoms with Gasteiger partial charge in [0.25, 0.3) is 5.91 Å². The summed E-state index contributed by atoms with van der Waals surface area (Å²) < 4.78 is 7.30. The second kappa shape index (κ2) is 6.31. The van der Waals surface area contributed by atoms with E-state index in [4.69, 9.17) is 4.42 Å². The van der Waals surface area contributed by atoms with Crippen LogP contribution in [-0.2, 0) is 0 Å². The lowest BCUT2D eigenvalue weighted by atomic mass is 10.1. The predicted molar refractivity (Wildman–Crippen MR) is 79.3 cm³/mol. The average molecular weight is 285 g/mol. The molecule has 0 fully saturated rings. The van der Waals surface area contributed by atoms with Crippen molar-refractivity contribution < 1.29 is 9.21 Å². The molecule has 2 aromatic heterocycles. The smallest absolute Gasteiger partial charge is 0.256 e. The summed E-state index contributed by atoms with van der Waals surface area (Å²) in [6.45, 7) is 6.48. The van der Waals surface area contributed by atoms with E-state index in [0.717, 1.165) is 6.42 Å². The van der Waals surface area contributed by atoms with E-state index in [2.05, 4.69) is 25.2 Å². The first-order valence-corrected chi connectivity index (χ1v) is 6.99. The van der Waals surface area contributed by atoms with E-state index in [-0.39, 0.29) is 11.5 Å². The number of carbonyl (C=O) groups excluding carboxylic acids is 1. The highest BCUT2D eigenvalue weighted by molar-refractivity contribution is 5.98. The zero-order chi connectivity index (χ0) is 15.4. The standard InChI is InChI=1S/C16H19N3O2/c1-11(2)6-7-18-15(20)14-12(3)21-16(13(14)10-17)19-8-4-5-9-19/h4-5,8-9,11H,6-7H2,1-3H3,(H,18,20). The zero-order valence-electron chi connectivity index (χ0n) is 12.5. The van der Waals surface area contributed by atoms with E-state index in [1.165, 1.54) is 0 Å². The Hall–Kier alpha value is -2.48. The third-order valence-corrected chi connectivity index (χ3v) is 3.25. The Labute approximate surface area is 124 Å². The highest BCUT2D eigenvalue weighted by atomic mass is 16.4. The van der Waals surface area contributed by atoms with Crippen LogP contribution in [-0.4, -0.2) is 17.0 Å². The van der Waals surface area contributed by atoms with Crippen LogP contribution in [0.3, 0.4) is 0 Å². The van der Waals surface area contributed by atoms with Gasteiger partial charge in [0.15, 0.2) is 0 Å². The molecule has 0 bridgehead atoms. The molecule has 1 N–H and O–H groups in total. The lowest BCUT2D eigenvalue weighted by molar-refractivity contribution is 0.0950. The van der Waals surface area contributed by atoms with Gasteiger partial charge in [-0.1, -0.05) is 13.8 Å². The molecule has 110 valence electrons. The van der Waals surface area contributed by atoms with Crippen molar-refractivity contribution >= 4 is 5.91 Å². The van der Waals surface area contributed by atoms with Gasteiger partial charge < -0.3 is 9.73 Å². The summed E-state index contributed by atoms with van der Waals surface area (Å²) in [5, 5.41) is 12.2. The number of nitriles is 1. The molecule has 0 radical (unpaired) electrons. The Bertz CT molecular complexity index is 660. The minimum atomic E-state index is -0.258. The van der Waals surface area contributed by atoms with Gasteiger partial charge in [-0.05, 0) is 31.4 Å². The van der Waals surface area contributed by atoms with Crippen LogP contribution in [0, 0.1) is 24.2 Å². The first kappa shape index (κ1) is 14.9. The maximum Gasteiger partial charge on any atom is 0.256 e. The van der Waals surface area contributed by atoms with Gasteiger partial charge in [0.1, 0.15) is 23.0 Å². The van der Waals surface area contributed by atoms with Crippen molar-refractivity contribution in [2.75, 3.05) is 6.54 Å². The van der Waals surface area contributed by atoms with Gasteiger partial charge in [0.2, 0.25) is 5.88 Å². The first-order chi connectivity index (χ1) is 10.0. The summed E-state index contributed by atoms with van der Waals surface area (Å²) >= 11 is 0. The van der Waals surface area contributed by atoms with E-state index < -0.39 is 0 Å². The van der Waals surface area contributed by atoms with Crippen LogP contribution in [0.15, 0.2) is 28.9 Å². The van der Waals surface area contributed by atoms with Crippen molar-refractivity contribution in [3.8, 4) is 12.0 Å². The zero-order valence-corrected chi connectivity index (χ0v) is 12.5. The topological polar surface area (TPSA) is 71.0 Å². The lowest BCUT2D eigenvalue weighted by Gasteiger charge is -2.06. The van der Waals surface area contributed by atoms with Crippen LogP contribution in [0.1, 0.15) is 41.9 Å². The van der Waals surface area contributed by atoms with Gasteiger partial charge >= 0.3 is 0 Å². The largest absolute Gasteiger partial charge is 0.443 e. The molecule has 2 heterocycles. The summed E-state index contributed by atoms with van der Waals surface area (Å²) in [5.74, 6) is 1.10. The SMILES string of the molecule is Cc1oc(-n2cccc2)c(C#N)c1C(=O)NCCC(C)C. The highest BCUT2D eigenvalue weighted by Gasteiger charge is 2.24. The molecular weight excluding hydrogens is 266 g/mol. The molecule has 1 amide bonds. The molecule has 0 saturated carbocycles. The molecule has 0 saturated heterocycles. The number of amides is 1. The van der Waals surface area contributed by atoms with Crippen LogP contribution in [0.25, 0.3) is 5.88 Å². The number of rotatable bonds is 5. The monoisotopic (exact) mass is 285 g/mol. The lowest BCUT2D eigenvalue weighted by Crippen LogP contribution is -2.26. The first-order valence-electron chi connectivity index (χ1n) is 6.99. The van der Waals surface area contributed by atoms with E-state index in [9.17, 15) is 10.1 Å². The highest BCUT2D eigenvalue weighted by Crippen LogP contribution is 2.25. The Morgan fingerprint density at radius 3 is 2.67 bits per heavy atom. The number of nitrogens with one attached hydrogen (secondary N) is 1. The van der Waals surface area contributed by atoms with Gasteiger partial charge in [0, 0.05) is 18.9 Å². The molecule has 0 atom stereocenters. The Morgan fingerprint density at radius 1 is 1.43 bits per heavy atom. The number of hydrogen-bond donors (Lipinski definition) is 1. The molecule has 0 aliphatic heterocycles. The average Bonchev–Trinajstić information content (AvgIpc) is 3.04. The van der Waals surface area contributed by atoms with Gasteiger partial charge in [-0.15, -0.1) is 0 Å². The van der Waals surface area contributed by atoms with Crippen LogP contribution in [0.2, 0.25) is 0 Å². The molecule has 21 heavy (non-hydrogen) atoms. The molecule has 0 aliphatic carbocycles. The van der Waals surface area contributed by atoms with E-state index >= 15 is 0 Å². The van der Waals surface area contributed by atoms with E-state index in [1.54, 1.807) is 23.9 Å². The van der Waals surface area contributed by atoms with E-state index in [1.807, 2.05) is 12.1 Å². The van der Waals surface area contributed by atoms with Crippen molar-refractivity contribution in [3.05, 3.63) is 41.4 Å². The van der Waals surface area contributed by atoms with Crippen LogP contribution in [0.4, 0.5) is 0 Å². The Balaban J connectivity index is 2.28. The molecule has 0 aliphatic rings. The number of aryl methyl sites for hydroxylation is 1. The van der Waals surface area contributed by atoms with Gasteiger partial charge in [-0.25, -0.2) is 0 Å². The minimum absolute atomic E-state index is 0.258. The summed E-state index contributed by atoms with van der Waals surface area (Å²) in [5.41, 5.74) is 0.593. The van der Waals surface area contributed by atoms with Crippen molar-refractivity contribution in [1.29, 1.82) is 5.26 Å². The second-order valence-electron chi connectivity index (χ2n) is 5.35.